The van der Waals surface area contributed by atoms with E-state index >= 15 is 0 Å². The number of halogens is 1. The Morgan fingerprint density at radius 1 is 1.19 bits per heavy atom. The summed E-state index contributed by atoms with van der Waals surface area (Å²) in [5.41, 5.74) is 0.504. The number of thioether (sulfide) groups is 1. The molecule has 1 rings (SSSR count). The Labute approximate surface area is 137 Å². The zero-order chi connectivity index (χ0) is 15.5. The van der Waals surface area contributed by atoms with Gasteiger partial charge in [-0.25, -0.2) is 0 Å². The topological polar surface area (TPSA) is 78.4 Å². The number of carbonyl (C=O) groups excluding carboxylic acids is 2. The highest BCUT2D eigenvalue weighted by molar-refractivity contribution is 9.10. The Morgan fingerprint density at radius 2 is 1.95 bits per heavy atom. The molecule has 0 heterocycles. The number of aliphatic hydroxyl groups is 1. The van der Waals surface area contributed by atoms with Crippen LogP contribution in [0.5, 0.6) is 0 Å². The summed E-state index contributed by atoms with van der Waals surface area (Å²) >= 11 is 4.97. The number of amides is 2. The minimum Gasteiger partial charge on any atom is -0.396 e. The van der Waals surface area contributed by atoms with Gasteiger partial charge in [-0.1, -0.05) is 12.1 Å². The molecule has 0 atom stereocenters. The summed E-state index contributed by atoms with van der Waals surface area (Å²) in [6.07, 6.45) is 0.765. The molecule has 0 aliphatic rings. The lowest BCUT2D eigenvalue weighted by Gasteiger charge is -2.08. The lowest BCUT2D eigenvalue weighted by atomic mass is 10.2. The van der Waals surface area contributed by atoms with Gasteiger partial charge in [0.05, 0.1) is 12.1 Å². The second-order valence-electron chi connectivity index (χ2n) is 4.20. The van der Waals surface area contributed by atoms with Gasteiger partial charge >= 0.3 is 0 Å². The van der Waals surface area contributed by atoms with Crippen LogP contribution in [0.4, 0.5) is 0 Å². The van der Waals surface area contributed by atoms with Gasteiger partial charge in [0.25, 0.3) is 5.91 Å². The standard InChI is InChI=1S/C14H19BrN2O3S/c15-12-5-2-1-4-11(12)14(20)17-10-13(19)16-6-9-21-8-3-7-18/h1-2,4-5,18H,3,6-10H2,(H,16,19)(H,17,20). The Morgan fingerprint density at radius 3 is 2.67 bits per heavy atom. The van der Waals surface area contributed by atoms with E-state index in [1.807, 2.05) is 6.07 Å². The van der Waals surface area contributed by atoms with Gasteiger partial charge in [0.15, 0.2) is 0 Å². The van der Waals surface area contributed by atoms with Gasteiger partial charge in [0, 0.05) is 23.4 Å². The molecule has 1 aromatic carbocycles. The normalized spacial score (nSPS) is 10.2. The molecule has 0 saturated heterocycles. The fraction of sp³-hybridized carbons (Fsp3) is 0.429. The number of nitrogens with one attached hydrogen (secondary N) is 2. The summed E-state index contributed by atoms with van der Waals surface area (Å²) in [4.78, 5) is 23.4. The first-order valence-corrected chi connectivity index (χ1v) is 8.58. The van der Waals surface area contributed by atoms with Crippen molar-refractivity contribution in [2.45, 2.75) is 6.42 Å². The van der Waals surface area contributed by atoms with E-state index < -0.39 is 0 Å². The summed E-state index contributed by atoms with van der Waals surface area (Å²) in [5.74, 6) is 1.18. The lowest BCUT2D eigenvalue weighted by Crippen LogP contribution is -2.37. The van der Waals surface area contributed by atoms with Crippen LogP contribution in [0.3, 0.4) is 0 Å². The zero-order valence-corrected chi connectivity index (χ0v) is 14.0. The van der Waals surface area contributed by atoms with E-state index in [-0.39, 0.29) is 25.0 Å². The molecule has 116 valence electrons. The largest absolute Gasteiger partial charge is 0.396 e. The summed E-state index contributed by atoms with van der Waals surface area (Å²) in [6.45, 7) is 0.710. The first-order valence-electron chi connectivity index (χ1n) is 6.63. The summed E-state index contributed by atoms with van der Waals surface area (Å²) < 4.78 is 0.697. The van der Waals surface area contributed by atoms with E-state index in [0.29, 0.717) is 16.6 Å². The molecule has 2 amide bonds. The Kier molecular flexibility index (Phi) is 9.12. The van der Waals surface area contributed by atoms with Gasteiger partial charge < -0.3 is 15.7 Å². The summed E-state index contributed by atoms with van der Waals surface area (Å²) in [7, 11) is 0. The fourth-order valence-corrected chi connectivity index (χ4v) is 2.74. The molecule has 0 aliphatic carbocycles. The van der Waals surface area contributed by atoms with Crippen molar-refractivity contribution in [3.8, 4) is 0 Å². The number of aliphatic hydroxyl groups excluding tert-OH is 1. The van der Waals surface area contributed by atoms with E-state index in [1.165, 1.54) is 0 Å². The third-order valence-electron chi connectivity index (χ3n) is 2.54. The van der Waals surface area contributed by atoms with Crippen molar-refractivity contribution < 1.29 is 14.7 Å². The van der Waals surface area contributed by atoms with Crippen molar-refractivity contribution in [2.24, 2.45) is 0 Å². The zero-order valence-electron chi connectivity index (χ0n) is 11.6. The molecule has 3 N–H and O–H groups in total. The highest BCUT2D eigenvalue weighted by Crippen LogP contribution is 2.15. The predicted octanol–water partition coefficient (Wildman–Crippen LogP) is 1.41. The van der Waals surface area contributed by atoms with Gasteiger partial charge in [-0.15, -0.1) is 0 Å². The Bertz CT molecular complexity index is 471. The van der Waals surface area contributed by atoms with Gasteiger partial charge in [0.1, 0.15) is 0 Å². The second kappa shape index (κ2) is 10.6. The quantitative estimate of drug-likeness (QED) is 0.571. The van der Waals surface area contributed by atoms with Gasteiger partial charge in [-0.3, -0.25) is 9.59 Å². The highest BCUT2D eigenvalue weighted by Gasteiger charge is 2.10. The van der Waals surface area contributed by atoms with Crippen LogP contribution in [0.1, 0.15) is 16.8 Å². The van der Waals surface area contributed by atoms with Crippen molar-refractivity contribution in [1.82, 2.24) is 10.6 Å². The molecule has 21 heavy (non-hydrogen) atoms. The monoisotopic (exact) mass is 374 g/mol. The van der Waals surface area contributed by atoms with Crippen LogP contribution in [0, 0.1) is 0 Å². The third kappa shape index (κ3) is 7.50. The van der Waals surface area contributed by atoms with Crippen LogP contribution in [0.2, 0.25) is 0 Å². The first-order chi connectivity index (χ1) is 10.1. The minimum atomic E-state index is -0.282. The maximum absolute atomic E-state index is 11.9. The Balaban J connectivity index is 2.18. The second-order valence-corrected chi connectivity index (χ2v) is 6.28. The van der Waals surface area contributed by atoms with Crippen molar-refractivity contribution in [2.75, 3.05) is 31.2 Å². The molecular formula is C14H19BrN2O3S. The molecule has 5 nitrogen and oxygen atoms in total. The average molecular weight is 375 g/mol. The Hall–Kier alpha value is -1.05. The maximum Gasteiger partial charge on any atom is 0.252 e. The third-order valence-corrected chi connectivity index (χ3v) is 4.30. The SMILES string of the molecule is O=C(CNC(=O)c1ccccc1Br)NCCSCCCO. The van der Waals surface area contributed by atoms with Crippen LogP contribution >= 0.6 is 27.7 Å². The van der Waals surface area contributed by atoms with Crippen LogP contribution in [-0.4, -0.2) is 48.1 Å². The average Bonchev–Trinajstić information content (AvgIpc) is 2.49. The number of hydrogen-bond donors (Lipinski definition) is 3. The van der Waals surface area contributed by atoms with Crippen LogP contribution in [-0.2, 0) is 4.79 Å². The minimum absolute atomic E-state index is 0.0402. The highest BCUT2D eigenvalue weighted by atomic mass is 79.9. The molecule has 0 radical (unpaired) electrons. The molecule has 0 saturated carbocycles. The molecule has 0 unspecified atom stereocenters. The smallest absolute Gasteiger partial charge is 0.252 e. The van der Waals surface area contributed by atoms with E-state index in [4.69, 9.17) is 5.11 Å². The van der Waals surface area contributed by atoms with E-state index in [1.54, 1.807) is 30.0 Å². The van der Waals surface area contributed by atoms with Gasteiger partial charge in [-0.2, -0.15) is 11.8 Å². The summed E-state index contributed by atoms with van der Waals surface area (Å²) in [6, 6.07) is 7.05. The number of hydrogen-bond acceptors (Lipinski definition) is 4. The predicted molar refractivity (Wildman–Crippen MR) is 88.5 cm³/mol. The van der Waals surface area contributed by atoms with Gasteiger partial charge in [0.2, 0.25) is 5.91 Å². The number of benzene rings is 1. The van der Waals surface area contributed by atoms with E-state index in [0.717, 1.165) is 17.9 Å². The van der Waals surface area contributed by atoms with E-state index in [9.17, 15) is 9.59 Å². The molecular weight excluding hydrogens is 356 g/mol. The molecule has 1 aromatic rings. The molecule has 0 spiro atoms. The molecule has 0 bridgehead atoms. The first kappa shape index (κ1) is 18.0. The van der Waals surface area contributed by atoms with Gasteiger partial charge in [-0.05, 0) is 40.2 Å². The molecule has 0 fully saturated rings. The number of carbonyl (C=O) groups is 2. The fourth-order valence-electron chi connectivity index (χ4n) is 1.49. The molecule has 7 heteroatoms. The number of rotatable bonds is 9. The molecule has 0 aromatic heterocycles. The van der Waals surface area contributed by atoms with Crippen LogP contribution in [0.25, 0.3) is 0 Å². The van der Waals surface area contributed by atoms with Crippen LogP contribution in [0.15, 0.2) is 28.7 Å². The van der Waals surface area contributed by atoms with Crippen molar-refractivity contribution in [3.05, 3.63) is 34.3 Å². The molecule has 0 aliphatic heterocycles. The van der Waals surface area contributed by atoms with Crippen molar-refractivity contribution in [1.29, 1.82) is 0 Å². The lowest BCUT2D eigenvalue weighted by molar-refractivity contribution is -0.120. The van der Waals surface area contributed by atoms with Crippen molar-refractivity contribution >= 4 is 39.5 Å². The van der Waals surface area contributed by atoms with E-state index in [2.05, 4.69) is 26.6 Å². The summed E-state index contributed by atoms with van der Waals surface area (Å²) in [5, 5.41) is 13.9. The van der Waals surface area contributed by atoms with Crippen LogP contribution < -0.4 is 10.6 Å². The van der Waals surface area contributed by atoms with Crippen molar-refractivity contribution in [3.63, 3.8) is 0 Å². The maximum atomic E-state index is 11.9.